The van der Waals surface area contributed by atoms with Crippen LogP contribution in [-0.2, 0) is 21.7 Å². The molecule has 0 saturated carbocycles. The number of fused-ring (bicyclic) bond motifs is 8. The van der Waals surface area contributed by atoms with Crippen molar-refractivity contribution >= 4 is 10.8 Å². The summed E-state index contributed by atoms with van der Waals surface area (Å²) in [6.07, 6.45) is 0. The Balaban J connectivity index is 1.49. The third-order valence-electron chi connectivity index (χ3n) is 11.6. The Hall–Kier alpha value is -3.64. The molecule has 0 spiro atoms. The van der Waals surface area contributed by atoms with E-state index in [4.69, 9.17) is 0 Å². The highest BCUT2D eigenvalue weighted by molar-refractivity contribution is 6.16. The first-order valence-electron chi connectivity index (χ1n) is 15.0. The summed E-state index contributed by atoms with van der Waals surface area (Å²) < 4.78 is 0. The summed E-state index contributed by atoms with van der Waals surface area (Å²) in [5.74, 6) is 0. The number of hydrogen-bond donors (Lipinski definition) is 0. The van der Waals surface area contributed by atoms with Gasteiger partial charge in [0.25, 0.3) is 0 Å². The van der Waals surface area contributed by atoms with Crippen LogP contribution in [0.2, 0.25) is 0 Å². The average Bonchev–Trinajstić information content (AvgIpc) is 3.40. The first kappa shape index (κ1) is 23.1. The number of rotatable bonds is 0. The molecule has 0 saturated heterocycles. The Morgan fingerprint density at radius 2 is 0.900 bits per heavy atom. The fraction of sp³-hybridized carbons (Fsp3) is 0.300. The SMILES string of the molecule is CC1(C)c2ccccc2-c2cc3c(cc21)-c1c(c2c4c5c(cccc15)C(C)(C)c1cccc(c1-4)C2(C)C)C3(C)C. The van der Waals surface area contributed by atoms with Gasteiger partial charge in [0.1, 0.15) is 0 Å². The molecule has 0 aliphatic heterocycles. The van der Waals surface area contributed by atoms with Crippen LogP contribution in [-0.4, -0.2) is 0 Å². The van der Waals surface area contributed by atoms with E-state index in [1.807, 2.05) is 0 Å². The second-order valence-corrected chi connectivity index (χ2v) is 14.9. The Morgan fingerprint density at radius 3 is 1.68 bits per heavy atom. The fourth-order valence-electron chi connectivity index (χ4n) is 9.59. The van der Waals surface area contributed by atoms with E-state index in [2.05, 4.69) is 128 Å². The summed E-state index contributed by atoms with van der Waals surface area (Å²) >= 11 is 0. The van der Waals surface area contributed by atoms with Crippen LogP contribution in [0.15, 0.2) is 72.8 Å². The molecule has 0 atom stereocenters. The van der Waals surface area contributed by atoms with Crippen LogP contribution >= 0.6 is 0 Å². The Bertz CT molecular complexity index is 2040. The van der Waals surface area contributed by atoms with Crippen molar-refractivity contribution in [2.75, 3.05) is 0 Å². The highest BCUT2D eigenvalue weighted by Crippen LogP contribution is 2.66. The minimum atomic E-state index is -0.0934. The van der Waals surface area contributed by atoms with Crippen molar-refractivity contribution in [3.63, 3.8) is 0 Å². The molecule has 0 heteroatoms. The predicted octanol–water partition coefficient (Wildman–Crippen LogP) is 10.4. The average molecular weight is 517 g/mol. The molecular formula is C40H36. The lowest BCUT2D eigenvalue weighted by Gasteiger charge is -2.36. The van der Waals surface area contributed by atoms with Gasteiger partial charge in [-0.25, -0.2) is 0 Å². The standard InChI is InChI=1S/C40H36/c1-37(2)25-15-10-9-13-21(25)23-19-30-24(20-29(23)37)31-22-14-11-16-26-32(22)34-33-27(38(26,3)4)17-12-18-28(33)39(5,6)36(34)35(31)40(30,7)8/h9-20H,1-8H3. The van der Waals surface area contributed by atoms with E-state index in [0.717, 1.165) is 0 Å². The van der Waals surface area contributed by atoms with Gasteiger partial charge in [-0.05, 0) is 101 Å². The largest absolute Gasteiger partial charge is 0.0619 e. The normalized spacial score (nSPS) is 19.8. The van der Waals surface area contributed by atoms with E-state index in [0.29, 0.717) is 0 Å². The molecule has 4 aliphatic carbocycles. The van der Waals surface area contributed by atoms with Gasteiger partial charge in [-0.3, -0.25) is 0 Å². The lowest BCUT2D eigenvalue weighted by molar-refractivity contribution is 0.601. The lowest BCUT2D eigenvalue weighted by Crippen LogP contribution is -2.25. The molecule has 0 nitrogen and oxygen atoms in total. The van der Waals surface area contributed by atoms with E-state index >= 15 is 0 Å². The van der Waals surface area contributed by atoms with Crippen molar-refractivity contribution in [3.05, 3.63) is 117 Å². The Morgan fingerprint density at radius 1 is 0.375 bits per heavy atom. The summed E-state index contributed by atoms with van der Waals surface area (Å²) in [6.45, 7) is 19.6. The minimum absolute atomic E-state index is 0.0105. The van der Waals surface area contributed by atoms with Crippen LogP contribution in [0.5, 0.6) is 0 Å². The molecule has 0 radical (unpaired) electrons. The van der Waals surface area contributed by atoms with E-state index in [1.165, 1.54) is 77.5 Å². The van der Waals surface area contributed by atoms with Gasteiger partial charge in [0.05, 0.1) is 0 Å². The van der Waals surface area contributed by atoms with Gasteiger partial charge in [-0.2, -0.15) is 0 Å². The number of benzene rings is 5. The molecule has 0 heterocycles. The zero-order valence-electron chi connectivity index (χ0n) is 24.9. The second-order valence-electron chi connectivity index (χ2n) is 14.9. The third kappa shape index (κ3) is 2.22. The monoisotopic (exact) mass is 516 g/mol. The van der Waals surface area contributed by atoms with Crippen LogP contribution in [0.1, 0.15) is 99.9 Å². The summed E-state index contributed by atoms with van der Waals surface area (Å²) in [5, 5.41) is 2.94. The van der Waals surface area contributed by atoms with Crippen LogP contribution in [0.3, 0.4) is 0 Å². The minimum Gasteiger partial charge on any atom is -0.0619 e. The van der Waals surface area contributed by atoms with Crippen molar-refractivity contribution in [2.24, 2.45) is 0 Å². The van der Waals surface area contributed by atoms with Gasteiger partial charge in [-0.15, -0.1) is 0 Å². The third-order valence-corrected chi connectivity index (χ3v) is 11.6. The molecule has 5 aromatic carbocycles. The fourth-order valence-corrected chi connectivity index (χ4v) is 9.59. The molecule has 0 N–H and O–H groups in total. The second kappa shape index (κ2) is 6.46. The van der Waals surface area contributed by atoms with Gasteiger partial charge in [0, 0.05) is 21.7 Å². The first-order valence-corrected chi connectivity index (χ1v) is 15.0. The molecule has 0 unspecified atom stereocenters. The molecule has 9 rings (SSSR count). The van der Waals surface area contributed by atoms with Crippen molar-refractivity contribution in [1.29, 1.82) is 0 Å². The van der Waals surface area contributed by atoms with Crippen LogP contribution in [0.25, 0.3) is 44.2 Å². The van der Waals surface area contributed by atoms with Crippen molar-refractivity contribution < 1.29 is 0 Å². The highest BCUT2D eigenvalue weighted by atomic mass is 14.5. The topological polar surface area (TPSA) is 0 Å². The highest BCUT2D eigenvalue weighted by Gasteiger charge is 2.51. The van der Waals surface area contributed by atoms with Crippen LogP contribution in [0, 0.1) is 0 Å². The van der Waals surface area contributed by atoms with E-state index < -0.39 is 0 Å². The van der Waals surface area contributed by atoms with Crippen LogP contribution in [0.4, 0.5) is 0 Å². The molecule has 4 aliphatic rings. The van der Waals surface area contributed by atoms with Gasteiger partial charge in [0.15, 0.2) is 0 Å². The zero-order valence-corrected chi connectivity index (χ0v) is 24.9. The molecular weight excluding hydrogens is 480 g/mol. The van der Waals surface area contributed by atoms with E-state index in [9.17, 15) is 0 Å². The molecule has 0 fully saturated rings. The lowest BCUT2D eigenvalue weighted by atomic mass is 9.67. The first-order chi connectivity index (χ1) is 18.9. The molecule has 0 bridgehead atoms. The Labute approximate surface area is 238 Å². The van der Waals surface area contributed by atoms with Gasteiger partial charge >= 0.3 is 0 Å². The molecule has 40 heavy (non-hydrogen) atoms. The summed E-state index contributed by atoms with van der Waals surface area (Å²) in [6, 6.07) is 28.5. The van der Waals surface area contributed by atoms with E-state index in [-0.39, 0.29) is 21.7 Å². The summed E-state index contributed by atoms with van der Waals surface area (Å²) in [4.78, 5) is 0. The molecule has 196 valence electrons. The quantitative estimate of drug-likeness (QED) is 0.192. The summed E-state index contributed by atoms with van der Waals surface area (Å²) in [7, 11) is 0. The maximum absolute atomic E-state index is 2.59. The smallest absolute Gasteiger partial charge is 0.0162 e. The molecule has 0 amide bonds. The van der Waals surface area contributed by atoms with Gasteiger partial charge < -0.3 is 0 Å². The van der Waals surface area contributed by atoms with Gasteiger partial charge in [0.2, 0.25) is 0 Å². The van der Waals surface area contributed by atoms with Crippen molar-refractivity contribution in [3.8, 4) is 33.4 Å². The van der Waals surface area contributed by atoms with Crippen LogP contribution < -0.4 is 0 Å². The maximum Gasteiger partial charge on any atom is 0.0162 e. The maximum atomic E-state index is 2.59. The van der Waals surface area contributed by atoms with E-state index in [1.54, 1.807) is 11.1 Å². The van der Waals surface area contributed by atoms with Crippen molar-refractivity contribution in [2.45, 2.75) is 77.0 Å². The van der Waals surface area contributed by atoms with Crippen molar-refractivity contribution in [1.82, 2.24) is 0 Å². The molecule has 0 aromatic heterocycles. The zero-order chi connectivity index (χ0) is 27.7. The number of hydrogen-bond acceptors (Lipinski definition) is 0. The Kier molecular flexibility index (Phi) is 3.73. The van der Waals surface area contributed by atoms with Gasteiger partial charge in [-0.1, -0.05) is 116 Å². The molecule has 5 aromatic rings. The predicted molar refractivity (Wildman–Crippen MR) is 169 cm³/mol. The summed E-state index contributed by atoms with van der Waals surface area (Å²) in [5.41, 5.74) is 20.6.